The second-order valence-corrected chi connectivity index (χ2v) is 6.75. The number of nitrogens with zero attached hydrogens (tertiary/aromatic N) is 2. The molecular formula is C17H33N3O. The van der Waals surface area contributed by atoms with E-state index in [1.165, 1.54) is 38.8 Å². The molecule has 2 heterocycles. The third-order valence-corrected chi connectivity index (χ3v) is 5.39. The van der Waals surface area contributed by atoms with Gasteiger partial charge in [-0.15, -0.1) is 0 Å². The number of piperidine rings is 1. The SMILES string of the molecule is CCC(CCN)CCC(=O)N1CCC(N2CCCC2)CC1. The molecule has 0 saturated carbocycles. The summed E-state index contributed by atoms with van der Waals surface area (Å²) in [7, 11) is 0. The van der Waals surface area contributed by atoms with Crippen molar-refractivity contribution in [1.29, 1.82) is 0 Å². The normalized spacial score (nSPS) is 22.7. The molecule has 2 fully saturated rings. The zero-order chi connectivity index (χ0) is 15.1. The lowest BCUT2D eigenvalue weighted by Gasteiger charge is -2.36. The first-order valence-corrected chi connectivity index (χ1v) is 8.96. The molecule has 4 nitrogen and oxygen atoms in total. The molecule has 21 heavy (non-hydrogen) atoms. The Morgan fingerprint density at radius 1 is 1.14 bits per heavy atom. The number of amides is 1. The molecule has 2 rings (SSSR count). The van der Waals surface area contributed by atoms with Gasteiger partial charge in [0.15, 0.2) is 0 Å². The fourth-order valence-electron chi connectivity index (χ4n) is 3.86. The van der Waals surface area contributed by atoms with Gasteiger partial charge >= 0.3 is 0 Å². The molecule has 4 heteroatoms. The summed E-state index contributed by atoms with van der Waals surface area (Å²) in [6, 6.07) is 0.734. The predicted molar refractivity (Wildman–Crippen MR) is 87.1 cm³/mol. The molecule has 2 N–H and O–H groups in total. The molecule has 0 spiro atoms. The highest BCUT2D eigenvalue weighted by Crippen LogP contribution is 2.22. The van der Waals surface area contributed by atoms with Crippen LogP contribution in [0.15, 0.2) is 0 Å². The van der Waals surface area contributed by atoms with Crippen LogP contribution in [0.3, 0.4) is 0 Å². The molecule has 2 saturated heterocycles. The van der Waals surface area contributed by atoms with Crippen molar-refractivity contribution in [1.82, 2.24) is 9.80 Å². The second-order valence-electron chi connectivity index (χ2n) is 6.75. The van der Waals surface area contributed by atoms with E-state index < -0.39 is 0 Å². The van der Waals surface area contributed by atoms with Crippen molar-refractivity contribution in [3.8, 4) is 0 Å². The van der Waals surface area contributed by atoms with Crippen LogP contribution in [-0.2, 0) is 4.79 Å². The van der Waals surface area contributed by atoms with Gasteiger partial charge in [-0.05, 0) is 64.1 Å². The van der Waals surface area contributed by atoms with Gasteiger partial charge in [-0.1, -0.05) is 13.3 Å². The van der Waals surface area contributed by atoms with Crippen LogP contribution in [0, 0.1) is 5.92 Å². The summed E-state index contributed by atoms with van der Waals surface area (Å²) in [6.45, 7) is 7.42. The van der Waals surface area contributed by atoms with Crippen LogP contribution in [0.1, 0.15) is 58.3 Å². The minimum atomic E-state index is 0.366. The number of nitrogens with two attached hydrogens (primary N) is 1. The van der Waals surface area contributed by atoms with Crippen LogP contribution in [0.2, 0.25) is 0 Å². The number of hydrogen-bond acceptors (Lipinski definition) is 3. The van der Waals surface area contributed by atoms with Crippen LogP contribution in [0.25, 0.3) is 0 Å². The Hall–Kier alpha value is -0.610. The van der Waals surface area contributed by atoms with Crippen LogP contribution >= 0.6 is 0 Å². The fraction of sp³-hybridized carbons (Fsp3) is 0.941. The highest BCUT2D eigenvalue weighted by molar-refractivity contribution is 5.76. The van der Waals surface area contributed by atoms with E-state index in [2.05, 4.69) is 16.7 Å². The lowest BCUT2D eigenvalue weighted by molar-refractivity contribution is -0.133. The van der Waals surface area contributed by atoms with Crippen molar-refractivity contribution in [3.63, 3.8) is 0 Å². The van der Waals surface area contributed by atoms with Crippen LogP contribution in [0.4, 0.5) is 0 Å². The van der Waals surface area contributed by atoms with E-state index in [4.69, 9.17) is 5.73 Å². The zero-order valence-electron chi connectivity index (χ0n) is 13.7. The molecule has 2 aliphatic heterocycles. The summed E-state index contributed by atoms with van der Waals surface area (Å²) in [5.74, 6) is 0.992. The van der Waals surface area contributed by atoms with Crippen molar-refractivity contribution >= 4 is 5.91 Å². The summed E-state index contributed by atoms with van der Waals surface area (Å²) in [5, 5.41) is 0. The molecule has 1 unspecified atom stereocenters. The summed E-state index contributed by atoms with van der Waals surface area (Å²) in [5.41, 5.74) is 5.63. The molecule has 0 aliphatic carbocycles. The highest BCUT2D eigenvalue weighted by Gasteiger charge is 2.28. The van der Waals surface area contributed by atoms with E-state index in [-0.39, 0.29) is 0 Å². The maximum Gasteiger partial charge on any atom is 0.222 e. The average Bonchev–Trinajstić information content (AvgIpc) is 3.05. The molecule has 0 bridgehead atoms. The average molecular weight is 295 g/mol. The molecular weight excluding hydrogens is 262 g/mol. The van der Waals surface area contributed by atoms with Gasteiger partial charge in [0.1, 0.15) is 0 Å². The van der Waals surface area contributed by atoms with E-state index >= 15 is 0 Å². The molecule has 122 valence electrons. The molecule has 1 amide bonds. The standard InChI is InChI=1S/C17H33N3O/c1-2-15(7-10-18)5-6-17(21)20-13-8-16(9-14-20)19-11-3-4-12-19/h15-16H,2-14,18H2,1H3. The van der Waals surface area contributed by atoms with E-state index in [0.29, 0.717) is 18.2 Å². The number of carbonyl (C=O) groups is 1. The maximum absolute atomic E-state index is 12.3. The maximum atomic E-state index is 12.3. The number of rotatable bonds is 7. The van der Waals surface area contributed by atoms with Crippen molar-refractivity contribution < 1.29 is 4.79 Å². The molecule has 2 aliphatic rings. The second kappa shape index (κ2) is 8.74. The first-order chi connectivity index (χ1) is 10.2. The van der Waals surface area contributed by atoms with Gasteiger partial charge in [-0.2, -0.15) is 0 Å². The Bertz CT molecular complexity index is 307. The largest absolute Gasteiger partial charge is 0.343 e. The van der Waals surface area contributed by atoms with Crippen molar-refractivity contribution in [2.24, 2.45) is 11.7 Å². The molecule has 0 aromatic heterocycles. The summed E-state index contributed by atoms with van der Waals surface area (Å²) >= 11 is 0. The minimum absolute atomic E-state index is 0.366. The molecule has 1 atom stereocenters. The topological polar surface area (TPSA) is 49.6 Å². The number of likely N-dealkylation sites (tertiary alicyclic amines) is 2. The van der Waals surface area contributed by atoms with Gasteiger partial charge in [0.25, 0.3) is 0 Å². The van der Waals surface area contributed by atoms with E-state index in [1.807, 2.05) is 0 Å². The van der Waals surface area contributed by atoms with Gasteiger partial charge in [0, 0.05) is 25.6 Å². The summed E-state index contributed by atoms with van der Waals surface area (Å²) in [4.78, 5) is 17.1. The van der Waals surface area contributed by atoms with E-state index in [0.717, 1.165) is 44.9 Å². The monoisotopic (exact) mass is 295 g/mol. The first-order valence-electron chi connectivity index (χ1n) is 8.96. The number of hydrogen-bond donors (Lipinski definition) is 1. The van der Waals surface area contributed by atoms with E-state index in [9.17, 15) is 4.79 Å². The Labute approximate surface area is 130 Å². The quantitative estimate of drug-likeness (QED) is 0.783. The Morgan fingerprint density at radius 3 is 2.38 bits per heavy atom. The Morgan fingerprint density at radius 2 is 1.81 bits per heavy atom. The fourth-order valence-corrected chi connectivity index (χ4v) is 3.86. The Balaban J connectivity index is 1.67. The van der Waals surface area contributed by atoms with Gasteiger partial charge in [0.2, 0.25) is 5.91 Å². The van der Waals surface area contributed by atoms with Crippen LogP contribution in [0.5, 0.6) is 0 Å². The van der Waals surface area contributed by atoms with Crippen molar-refractivity contribution in [2.75, 3.05) is 32.7 Å². The summed E-state index contributed by atoms with van der Waals surface area (Å²) < 4.78 is 0. The predicted octanol–water partition coefficient (Wildman–Crippen LogP) is 2.23. The highest BCUT2D eigenvalue weighted by atomic mass is 16.2. The lowest BCUT2D eigenvalue weighted by atomic mass is 9.96. The third-order valence-electron chi connectivity index (χ3n) is 5.39. The van der Waals surface area contributed by atoms with Gasteiger partial charge in [-0.25, -0.2) is 0 Å². The molecule has 0 aromatic rings. The summed E-state index contributed by atoms with van der Waals surface area (Å²) in [6.07, 6.45) is 8.99. The Kier molecular flexibility index (Phi) is 6.97. The number of carbonyl (C=O) groups excluding carboxylic acids is 1. The van der Waals surface area contributed by atoms with Gasteiger partial charge < -0.3 is 15.5 Å². The van der Waals surface area contributed by atoms with Gasteiger partial charge in [0.05, 0.1) is 0 Å². The third kappa shape index (κ3) is 4.96. The first kappa shape index (κ1) is 16.8. The van der Waals surface area contributed by atoms with Crippen molar-refractivity contribution in [2.45, 2.75) is 64.3 Å². The zero-order valence-corrected chi connectivity index (χ0v) is 13.7. The smallest absolute Gasteiger partial charge is 0.222 e. The van der Waals surface area contributed by atoms with Gasteiger partial charge in [-0.3, -0.25) is 4.79 Å². The van der Waals surface area contributed by atoms with Crippen molar-refractivity contribution in [3.05, 3.63) is 0 Å². The minimum Gasteiger partial charge on any atom is -0.343 e. The van der Waals surface area contributed by atoms with E-state index in [1.54, 1.807) is 0 Å². The molecule has 0 radical (unpaired) electrons. The van der Waals surface area contributed by atoms with Crippen LogP contribution < -0.4 is 5.73 Å². The lowest BCUT2D eigenvalue weighted by Crippen LogP contribution is -2.45. The molecule has 0 aromatic carbocycles. The van der Waals surface area contributed by atoms with Crippen LogP contribution in [-0.4, -0.2) is 54.5 Å².